The average molecular weight is 189 g/mol. The molecule has 0 spiro atoms. The van der Waals surface area contributed by atoms with Crippen molar-refractivity contribution in [1.82, 2.24) is 4.98 Å². The van der Waals surface area contributed by atoms with Crippen molar-refractivity contribution in [3.63, 3.8) is 0 Å². The van der Waals surface area contributed by atoms with Crippen LogP contribution >= 0.6 is 0 Å². The van der Waals surface area contributed by atoms with Crippen LogP contribution < -0.4 is 5.43 Å². The Kier molecular flexibility index (Phi) is 2.77. The Morgan fingerprint density at radius 1 is 1.62 bits per heavy atom. The maximum Gasteiger partial charge on any atom is 0.269 e. The zero-order chi connectivity index (χ0) is 10.0. The molecule has 1 aromatic heterocycles. The van der Waals surface area contributed by atoms with E-state index in [0.29, 0.717) is 0 Å². The molecule has 0 radical (unpaired) electrons. The molecule has 1 heterocycles. The van der Waals surface area contributed by atoms with E-state index in [1.807, 2.05) is 0 Å². The summed E-state index contributed by atoms with van der Waals surface area (Å²) in [5, 5.41) is 8.68. The minimum absolute atomic E-state index is 0.120. The van der Waals surface area contributed by atoms with Crippen molar-refractivity contribution in [3.8, 4) is 0 Å². The van der Waals surface area contributed by atoms with Gasteiger partial charge >= 0.3 is 0 Å². The van der Waals surface area contributed by atoms with E-state index in [1.165, 1.54) is 13.1 Å². The van der Waals surface area contributed by atoms with Gasteiger partial charge in [-0.3, -0.25) is 4.79 Å². The van der Waals surface area contributed by atoms with Gasteiger partial charge in [-0.1, -0.05) is 0 Å². The van der Waals surface area contributed by atoms with Gasteiger partial charge in [0.15, 0.2) is 5.43 Å². The lowest BCUT2D eigenvalue weighted by atomic mass is 10.1. The van der Waals surface area contributed by atoms with Crippen LogP contribution in [0.25, 0.3) is 0 Å². The third-order valence-electron chi connectivity index (χ3n) is 1.77. The number of hydrogen-bond acceptors (Lipinski definition) is 2. The average Bonchev–Trinajstić information content (AvgIpc) is 2.08. The standard InChI is InChI=1S/C8H9F2NO2/c1-4-2-11-5(3-12)6(7(4)13)8(9)10/h2,8,12H,3H2,1H3,(H,11,13). The first-order chi connectivity index (χ1) is 6.07. The molecule has 0 unspecified atom stereocenters. The Hall–Kier alpha value is -1.23. The summed E-state index contributed by atoms with van der Waals surface area (Å²) in [6, 6.07) is 0. The summed E-state index contributed by atoms with van der Waals surface area (Å²) < 4.78 is 24.6. The fourth-order valence-corrected chi connectivity index (χ4v) is 1.05. The molecule has 0 aliphatic carbocycles. The van der Waals surface area contributed by atoms with Gasteiger partial charge in [-0.05, 0) is 6.92 Å². The second-order valence-corrected chi connectivity index (χ2v) is 2.65. The number of halogens is 2. The van der Waals surface area contributed by atoms with E-state index in [9.17, 15) is 13.6 Å². The van der Waals surface area contributed by atoms with Gasteiger partial charge in [0.2, 0.25) is 0 Å². The van der Waals surface area contributed by atoms with Crippen molar-refractivity contribution >= 4 is 0 Å². The largest absolute Gasteiger partial charge is 0.390 e. The summed E-state index contributed by atoms with van der Waals surface area (Å²) in [7, 11) is 0. The van der Waals surface area contributed by atoms with Crippen LogP contribution in [0, 0.1) is 6.92 Å². The summed E-state index contributed by atoms with van der Waals surface area (Å²) in [6.07, 6.45) is -1.55. The minimum atomic E-state index is -2.86. The van der Waals surface area contributed by atoms with Crippen molar-refractivity contribution in [1.29, 1.82) is 0 Å². The van der Waals surface area contributed by atoms with Crippen LogP contribution in [0.15, 0.2) is 11.0 Å². The summed E-state index contributed by atoms with van der Waals surface area (Å²) in [5.74, 6) is 0. The minimum Gasteiger partial charge on any atom is -0.390 e. The Bertz CT molecular complexity index is 360. The fourth-order valence-electron chi connectivity index (χ4n) is 1.05. The van der Waals surface area contributed by atoms with E-state index >= 15 is 0 Å². The number of H-pyrrole nitrogens is 1. The highest BCUT2D eigenvalue weighted by Gasteiger charge is 2.17. The number of aromatic amines is 1. The molecule has 0 bridgehead atoms. The van der Waals surface area contributed by atoms with Gasteiger partial charge < -0.3 is 10.1 Å². The Morgan fingerprint density at radius 3 is 2.69 bits per heavy atom. The molecule has 0 saturated carbocycles. The van der Waals surface area contributed by atoms with Crippen LogP contribution in [0.1, 0.15) is 23.2 Å². The summed E-state index contributed by atoms with van der Waals surface area (Å²) in [5.41, 5.74) is -1.25. The number of aromatic nitrogens is 1. The maximum atomic E-state index is 12.3. The SMILES string of the molecule is Cc1c[nH]c(CO)c(C(F)F)c1=O. The lowest BCUT2D eigenvalue weighted by Crippen LogP contribution is -2.17. The summed E-state index contributed by atoms with van der Waals surface area (Å²) in [4.78, 5) is 13.6. The van der Waals surface area contributed by atoms with Crippen molar-refractivity contribution < 1.29 is 13.9 Å². The molecular formula is C8H9F2NO2. The zero-order valence-electron chi connectivity index (χ0n) is 6.97. The van der Waals surface area contributed by atoms with Gasteiger partial charge in [-0.15, -0.1) is 0 Å². The third kappa shape index (κ3) is 1.75. The van der Waals surface area contributed by atoms with Gasteiger partial charge in [0.05, 0.1) is 17.9 Å². The molecule has 3 nitrogen and oxygen atoms in total. The second-order valence-electron chi connectivity index (χ2n) is 2.65. The van der Waals surface area contributed by atoms with Gasteiger partial charge in [-0.2, -0.15) is 0 Å². The molecule has 0 saturated heterocycles. The topological polar surface area (TPSA) is 53.1 Å². The van der Waals surface area contributed by atoms with Crippen molar-refractivity contribution in [2.45, 2.75) is 20.0 Å². The number of rotatable bonds is 2. The first-order valence-electron chi connectivity index (χ1n) is 3.68. The highest BCUT2D eigenvalue weighted by Crippen LogP contribution is 2.18. The van der Waals surface area contributed by atoms with Crippen LogP contribution in [0.2, 0.25) is 0 Å². The van der Waals surface area contributed by atoms with E-state index in [0.717, 1.165) is 0 Å². The molecule has 0 amide bonds. The Labute approximate surface area is 73.0 Å². The zero-order valence-corrected chi connectivity index (χ0v) is 6.97. The molecule has 0 fully saturated rings. The number of hydrogen-bond donors (Lipinski definition) is 2. The van der Waals surface area contributed by atoms with Gasteiger partial charge in [0.1, 0.15) is 0 Å². The second kappa shape index (κ2) is 3.66. The first kappa shape index (κ1) is 9.85. The maximum absolute atomic E-state index is 12.3. The monoisotopic (exact) mass is 189 g/mol. The highest BCUT2D eigenvalue weighted by atomic mass is 19.3. The summed E-state index contributed by atoms with van der Waals surface area (Å²) >= 11 is 0. The highest BCUT2D eigenvalue weighted by molar-refractivity contribution is 5.25. The normalized spacial score (nSPS) is 10.8. The molecule has 5 heteroatoms. The first-order valence-corrected chi connectivity index (χ1v) is 3.68. The predicted molar refractivity (Wildman–Crippen MR) is 42.7 cm³/mol. The number of nitrogens with one attached hydrogen (secondary N) is 1. The van der Waals surface area contributed by atoms with Gasteiger partial charge in [0, 0.05) is 11.8 Å². The van der Waals surface area contributed by atoms with Gasteiger partial charge in [0.25, 0.3) is 6.43 Å². The summed E-state index contributed by atoms with van der Waals surface area (Å²) in [6.45, 7) is 0.848. The van der Waals surface area contributed by atoms with Crippen LogP contribution in [0.4, 0.5) is 8.78 Å². The van der Waals surface area contributed by atoms with Crippen LogP contribution in [-0.2, 0) is 6.61 Å². The lowest BCUT2D eigenvalue weighted by Gasteiger charge is -2.05. The van der Waals surface area contributed by atoms with Gasteiger partial charge in [-0.25, -0.2) is 8.78 Å². The van der Waals surface area contributed by atoms with Crippen LogP contribution in [0.5, 0.6) is 0 Å². The molecular weight excluding hydrogens is 180 g/mol. The van der Waals surface area contributed by atoms with Crippen molar-refractivity contribution in [2.75, 3.05) is 0 Å². The molecule has 0 aromatic carbocycles. The van der Waals surface area contributed by atoms with E-state index in [2.05, 4.69) is 4.98 Å². The third-order valence-corrected chi connectivity index (χ3v) is 1.77. The van der Waals surface area contributed by atoms with Crippen LogP contribution in [0.3, 0.4) is 0 Å². The number of aryl methyl sites for hydroxylation is 1. The van der Waals surface area contributed by atoms with Crippen LogP contribution in [-0.4, -0.2) is 10.1 Å². The Balaban J connectivity index is 3.42. The van der Waals surface area contributed by atoms with Crippen molar-refractivity contribution in [3.05, 3.63) is 33.2 Å². The molecule has 1 rings (SSSR count). The molecule has 0 aliphatic heterocycles. The van der Waals surface area contributed by atoms with E-state index < -0.39 is 24.0 Å². The van der Waals surface area contributed by atoms with Crippen molar-refractivity contribution in [2.24, 2.45) is 0 Å². The van der Waals surface area contributed by atoms with E-state index in [1.54, 1.807) is 0 Å². The quantitative estimate of drug-likeness (QED) is 0.732. The predicted octanol–water partition coefficient (Wildman–Crippen LogP) is 1.11. The molecule has 0 aliphatic rings. The molecule has 72 valence electrons. The smallest absolute Gasteiger partial charge is 0.269 e. The number of alkyl halides is 2. The number of pyridine rings is 1. The number of aliphatic hydroxyl groups excluding tert-OH is 1. The molecule has 0 atom stereocenters. The molecule has 2 N–H and O–H groups in total. The van der Waals surface area contributed by atoms with E-state index in [-0.39, 0.29) is 11.3 Å². The Morgan fingerprint density at radius 2 is 2.23 bits per heavy atom. The lowest BCUT2D eigenvalue weighted by molar-refractivity contribution is 0.144. The fraction of sp³-hybridized carbons (Fsp3) is 0.375. The molecule has 13 heavy (non-hydrogen) atoms. The molecule has 1 aromatic rings. The number of aliphatic hydroxyl groups is 1. The van der Waals surface area contributed by atoms with E-state index in [4.69, 9.17) is 5.11 Å².